The number of anilines is 1. The molecule has 1 N–H and O–H groups in total. The van der Waals surface area contributed by atoms with Gasteiger partial charge in [-0.25, -0.2) is 0 Å². The predicted molar refractivity (Wildman–Crippen MR) is 71.1 cm³/mol. The van der Waals surface area contributed by atoms with E-state index in [1.807, 2.05) is 24.3 Å². The number of carboxylic acids is 1. The van der Waals surface area contributed by atoms with Crippen molar-refractivity contribution < 1.29 is 14.7 Å². The number of carboxylic acid groups (broad SMARTS) is 1. The van der Waals surface area contributed by atoms with Crippen LogP contribution in [0.15, 0.2) is 24.3 Å². The Kier molecular flexibility index (Phi) is 2.81. The van der Waals surface area contributed by atoms with Crippen molar-refractivity contribution in [1.29, 1.82) is 0 Å². The molecule has 0 radical (unpaired) electrons. The Labute approximate surface area is 112 Å². The fraction of sp³-hybridized carbons (Fsp3) is 0.467. The first-order chi connectivity index (χ1) is 9.08. The summed E-state index contributed by atoms with van der Waals surface area (Å²) in [6.07, 6.45) is 1.04. The van der Waals surface area contributed by atoms with E-state index in [-0.39, 0.29) is 24.2 Å². The maximum atomic E-state index is 12.4. The highest BCUT2D eigenvalue weighted by molar-refractivity contribution is 5.99. The van der Waals surface area contributed by atoms with Crippen LogP contribution in [0.25, 0.3) is 0 Å². The van der Waals surface area contributed by atoms with Crippen molar-refractivity contribution in [2.75, 3.05) is 11.4 Å². The largest absolute Gasteiger partial charge is 0.481 e. The maximum Gasteiger partial charge on any atom is 0.304 e. The van der Waals surface area contributed by atoms with Gasteiger partial charge in [-0.1, -0.05) is 25.1 Å². The molecule has 0 spiro atoms. The van der Waals surface area contributed by atoms with Gasteiger partial charge >= 0.3 is 5.97 Å². The lowest BCUT2D eigenvalue weighted by Crippen LogP contribution is -2.31. The van der Waals surface area contributed by atoms with Crippen molar-refractivity contribution in [2.45, 2.75) is 25.7 Å². The van der Waals surface area contributed by atoms with Crippen molar-refractivity contribution in [3.8, 4) is 0 Å². The number of hydrogen-bond donors (Lipinski definition) is 1. The summed E-state index contributed by atoms with van der Waals surface area (Å²) in [5.41, 5.74) is 1.89. The predicted octanol–water partition coefficient (Wildman–Crippen LogP) is 2.25. The van der Waals surface area contributed by atoms with Gasteiger partial charge in [0.15, 0.2) is 0 Å². The molecule has 2 aliphatic rings. The number of carbonyl (C=O) groups is 2. The summed E-state index contributed by atoms with van der Waals surface area (Å²) in [5, 5.41) is 8.98. The molecule has 1 aliphatic heterocycles. The number of benzene rings is 1. The van der Waals surface area contributed by atoms with E-state index in [2.05, 4.69) is 6.92 Å². The standard InChI is InChI=1S/C15H17NO3/c1-9-6-12(9)15(19)16-8-10(7-14(17)18)11-4-2-3-5-13(11)16/h2-5,9-10,12H,6-8H2,1H3,(H,17,18). The number of para-hydroxylation sites is 1. The van der Waals surface area contributed by atoms with E-state index in [0.29, 0.717) is 12.5 Å². The third-order valence-electron chi connectivity index (χ3n) is 4.18. The van der Waals surface area contributed by atoms with Crippen molar-refractivity contribution in [3.63, 3.8) is 0 Å². The molecule has 3 atom stereocenters. The number of carbonyl (C=O) groups excluding carboxylic acids is 1. The average Bonchev–Trinajstić information content (AvgIpc) is 3.00. The second-order valence-electron chi connectivity index (χ2n) is 5.62. The zero-order valence-electron chi connectivity index (χ0n) is 10.9. The quantitative estimate of drug-likeness (QED) is 0.905. The summed E-state index contributed by atoms with van der Waals surface area (Å²) in [6.45, 7) is 2.59. The normalized spacial score (nSPS) is 28.1. The minimum Gasteiger partial charge on any atom is -0.481 e. The highest BCUT2D eigenvalue weighted by atomic mass is 16.4. The molecule has 4 nitrogen and oxygen atoms in total. The molecule has 0 aromatic heterocycles. The Hall–Kier alpha value is -1.84. The summed E-state index contributed by atoms with van der Waals surface area (Å²) in [4.78, 5) is 25.1. The number of amides is 1. The topological polar surface area (TPSA) is 57.6 Å². The zero-order chi connectivity index (χ0) is 13.6. The molecule has 0 bridgehead atoms. The number of aliphatic carboxylic acids is 1. The van der Waals surface area contributed by atoms with Crippen molar-refractivity contribution in [1.82, 2.24) is 0 Å². The lowest BCUT2D eigenvalue weighted by Gasteiger charge is -2.17. The molecule has 3 unspecified atom stereocenters. The molecule has 19 heavy (non-hydrogen) atoms. The Morgan fingerprint density at radius 2 is 2.05 bits per heavy atom. The van der Waals surface area contributed by atoms with Gasteiger partial charge in [-0.3, -0.25) is 9.59 Å². The van der Waals surface area contributed by atoms with E-state index >= 15 is 0 Å². The zero-order valence-corrected chi connectivity index (χ0v) is 10.9. The van der Waals surface area contributed by atoms with Gasteiger partial charge in [0.1, 0.15) is 0 Å². The van der Waals surface area contributed by atoms with E-state index in [4.69, 9.17) is 5.11 Å². The van der Waals surface area contributed by atoms with Crippen LogP contribution in [0.1, 0.15) is 31.2 Å². The van der Waals surface area contributed by atoms with Gasteiger partial charge in [0, 0.05) is 24.1 Å². The number of hydrogen-bond acceptors (Lipinski definition) is 2. The van der Waals surface area contributed by atoms with E-state index in [1.54, 1.807) is 4.90 Å². The van der Waals surface area contributed by atoms with Crippen LogP contribution < -0.4 is 4.90 Å². The van der Waals surface area contributed by atoms with Gasteiger partial charge in [0.2, 0.25) is 5.91 Å². The van der Waals surface area contributed by atoms with Gasteiger partial charge in [-0.2, -0.15) is 0 Å². The second kappa shape index (κ2) is 4.37. The number of nitrogens with zero attached hydrogens (tertiary/aromatic N) is 1. The Morgan fingerprint density at radius 3 is 2.68 bits per heavy atom. The van der Waals surface area contributed by atoms with Crippen molar-refractivity contribution in [2.24, 2.45) is 11.8 Å². The van der Waals surface area contributed by atoms with Gasteiger partial charge in [-0.05, 0) is 24.0 Å². The summed E-state index contributed by atoms with van der Waals surface area (Å²) in [7, 11) is 0. The van der Waals surface area contributed by atoms with E-state index in [0.717, 1.165) is 17.7 Å². The third kappa shape index (κ3) is 2.11. The Morgan fingerprint density at radius 1 is 1.37 bits per heavy atom. The minimum absolute atomic E-state index is 0.0771. The van der Waals surface area contributed by atoms with Crippen LogP contribution in [0.5, 0.6) is 0 Å². The van der Waals surface area contributed by atoms with Crippen LogP contribution in [0, 0.1) is 11.8 Å². The SMILES string of the molecule is CC1CC1C(=O)N1CC(CC(=O)O)c2ccccc21. The smallest absolute Gasteiger partial charge is 0.304 e. The summed E-state index contributed by atoms with van der Waals surface area (Å²) in [5.74, 6) is -0.122. The summed E-state index contributed by atoms with van der Waals surface area (Å²) >= 11 is 0. The molecule has 1 aromatic carbocycles. The van der Waals surface area contributed by atoms with Crippen LogP contribution in [-0.4, -0.2) is 23.5 Å². The molecular formula is C15H17NO3. The lowest BCUT2D eigenvalue weighted by molar-refractivity contribution is -0.137. The van der Waals surface area contributed by atoms with Gasteiger partial charge in [0.25, 0.3) is 0 Å². The van der Waals surface area contributed by atoms with Crippen molar-refractivity contribution in [3.05, 3.63) is 29.8 Å². The highest BCUT2D eigenvalue weighted by Crippen LogP contribution is 2.44. The second-order valence-corrected chi connectivity index (χ2v) is 5.62. The van der Waals surface area contributed by atoms with E-state index in [1.165, 1.54) is 0 Å². The molecule has 100 valence electrons. The lowest BCUT2D eigenvalue weighted by atomic mass is 9.98. The van der Waals surface area contributed by atoms with Gasteiger partial charge in [-0.15, -0.1) is 0 Å². The first kappa shape index (κ1) is 12.2. The monoisotopic (exact) mass is 259 g/mol. The Balaban J connectivity index is 1.88. The van der Waals surface area contributed by atoms with Crippen molar-refractivity contribution >= 4 is 17.6 Å². The maximum absolute atomic E-state index is 12.4. The minimum atomic E-state index is -0.811. The molecule has 0 saturated heterocycles. The molecule has 1 fully saturated rings. The Bertz CT molecular complexity index is 540. The number of fused-ring (bicyclic) bond motifs is 1. The highest BCUT2D eigenvalue weighted by Gasteiger charge is 2.44. The molecule has 4 heteroatoms. The average molecular weight is 259 g/mol. The fourth-order valence-electron chi connectivity index (χ4n) is 2.96. The number of rotatable bonds is 3. The van der Waals surface area contributed by atoms with Crippen LogP contribution >= 0.6 is 0 Å². The molecule has 3 rings (SSSR count). The first-order valence-electron chi connectivity index (χ1n) is 6.70. The van der Waals surface area contributed by atoms with E-state index in [9.17, 15) is 9.59 Å². The van der Waals surface area contributed by atoms with Gasteiger partial charge in [0.05, 0.1) is 6.42 Å². The molecule has 1 amide bonds. The molecule has 1 saturated carbocycles. The molecule has 1 heterocycles. The van der Waals surface area contributed by atoms with Crippen LogP contribution in [-0.2, 0) is 9.59 Å². The first-order valence-corrected chi connectivity index (χ1v) is 6.70. The summed E-state index contributed by atoms with van der Waals surface area (Å²) in [6, 6.07) is 7.66. The van der Waals surface area contributed by atoms with Crippen LogP contribution in [0.4, 0.5) is 5.69 Å². The van der Waals surface area contributed by atoms with E-state index < -0.39 is 5.97 Å². The molecule has 1 aromatic rings. The van der Waals surface area contributed by atoms with Crippen LogP contribution in [0.2, 0.25) is 0 Å². The summed E-state index contributed by atoms with van der Waals surface area (Å²) < 4.78 is 0. The third-order valence-corrected chi connectivity index (χ3v) is 4.18. The molecular weight excluding hydrogens is 242 g/mol. The van der Waals surface area contributed by atoms with Gasteiger partial charge < -0.3 is 10.0 Å². The van der Waals surface area contributed by atoms with Crippen LogP contribution in [0.3, 0.4) is 0 Å². The molecule has 1 aliphatic carbocycles. The fourth-order valence-corrected chi connectivity index (χ4v) is 2.96.